The molecule has 0 aliphatic carbocycles. The summed E-state index contributed by atoms with van der Waals surface area (Å²) in [5.41, 5.74) is 4.75. The van der Waals surface area contributed by atoms with E-state index in [1.807, 2.05) is 19.1 Å². The molecular formula is C19H24N2O2S. The van der Waals surface area contributed by atoms with Crippen molar-refractivity contribution in [3.8, 4) is 0 Å². The number of piperazine rings is 1. The molecule has 4 nitrogen and oxygen atoms in total. The van der Waals surface area contributed by atoms with Crippen LogP contribution in [0, 0.1) is 20.8 Å². The molecule has 2 aromatic rings. The van der Waals surface area contributed by atoms with Gasteiger partial charge in [-0.3, -0.25) is 0 Å². The Kier molecular flexibility index (Phi) is 4.65. The van der Waals surface area contributed by atoms with Crippen LogP contribution in [0.2, 0.25) is 0 Å². The molecule has 0 N–H and O–H groups in total. The number of aryl methyl sites for hydroxylation is 3. The first-order chi connectivity index (χ1) is 11.4. The molecule has 0 bridgehead atoms. The molecule has 5 heteroatoms. The third-order valence-corrected chi connectivity index (χ3v) is 6.50. The minimum atomic E-state index is -3.39. The lowest BCUT2D eigenvalue weighted by Gasteiger charge is -2.36. The molecule has 24 heavy (non-hydrogen) atoms. The van der Waals surface area contributed by atoms with Gasteiger partial charge in [-0.15, -0.1) is 0 Å². The van der Waals surface area contributed by atoms with Crippen LogP contribution >= 0.6 is 0 Å². The van der Waals surface area contributed by atoms with Crippen LogP contribution < -0.4 is 4.90 Å². The first kappa shape index (κ1) is 17.0. The third kappa shape index (κ3) is 3.32. The zero-order valence-electron chi connectivity index (χ0n) is 14.5. The molecular weight excluding hydrogens is 320 g/mol. The number of nitrogens with zero attached hydrogens (tertiary/aromatic N) is 2. The lowest BCUT2D eigenvalue weighted by molar-refractivity contribution is 0.385. The van der Waals surface area contributed by atoms with Crippen molar-refractivity contribution in [3.63, 3.8) is 0 Å². The van der Waals surface area contributed by atoms with Crippen molar-refractivity contribution in [3.05, 3.63) is 59.2 Å². The van der Waals surface area contributed by atoms with E-state index in [1.165, 1.54) is 16.8 Å². The average molecular weight is 344 g/mol. The molecule has 0 unspecified atom stereocenters. The molecule has 1 aliphatic rings. The van der Waals surface area contributed by atoms with Crippen LogP contribution in [0.5, 0.6) is 0 Å². The maximum Gasteiger partial charge on any atom is 0.243 e. The zero-order valence-corrected chi connectivity index (χ0v) is 15.3. The maximum absolute atomic E-state index is 12.8. The lowest BCUT2D eigenvalue weighted by Crippen LogP contribution is -2.48. The molecule has 0 atom stereocenters. The van der Waals surface area contributed by atoms with Crippen molar-refractivity contribution in [1.82, 2.24) is 4.31 Å². The van der Waals surface area contributed by atoms with Gasteiger partial charge in [0.15, 0.2) is 0 Å². The van der Waals surface area contributed by atoms with Crippen LogP contribution in [0.1, 0.15) is 16.7 Å². The van der Waals surface area contributed by atoms with E-state index in [4.69, 9.17) is 0 Å². The summed E-state index contributed by atoms with van der Waals surface area (Å²) in [6, 6.07) is 13.5. The SMILES string of the molecule is Cc1ccc(S(=O)(=O)N2CCN(c3ccc(C)cc3C)CC2)cc1. The van der Waals surface area contributed by atoms with Gasteiger partial charge in [-0.2, -0.15) is 4.31 Å². The number of hydrogen-bond donors (Lipinski definition) is 0. The minimum Gasteiger partial charge on any atom is -0.369 e. The monoisotopic (exact) mass is 344 g/mol. The molecule has 1 heterocycles. The van der Waals surface area contributed by atoms with E-state index in [0.29, 0.717) is 18.0 Å². The second-order valence-electron chi connectivity index (χ2n) is 6.49. The summed E-state index contributed by atoms with van der Waals surface area (Å²) in [6.45, 7) is 8.62. The largest absolute Gasteiger partial charge is 0.369 e. The first-order valence-electron chi connectivity index (χ1n) is 8.27. The number of rotatable bonds is 3. The van der Waals surface area contributed by atoms with Gasteiger partial charge in [-0.05, 0) is 44.5 Å². The first-order valence-corrected chi connectivity index (χ1v) is 9.71. The Bertz CT molecular complexity index is 821. The van der Waals surface area contributed by atoms with Crippen LogP contribution in [-0.4, -0.2) is 38.9 Å². The highest BCUT2D eigenvalue weighted by molar-refractivity contribution is 7.89. The summed E-state index contributed by atoms with van der Waals surface area (Å²) in [5, 5.41) is 0. The highest BCUT2D eigenvalue weighted by atomic mass is 32.2. The summed E-state index contributed by atoms with van der Waals surface area (Å²) in [6.07, 6.45) is 0. The van der Waals surface area contributed by atoms with Crippen molar-refractivity contribution >= 4 is 15.7 Å². The number of sulfonamides is 1. The van der Waals surface area contributed by atoms with Crippen LogP contribution in [0.15, 0.2) is 47.4 Å². The van der Waals surface area contributed by atoms with E-state index in [1.54, 1.807) is 16.4 Å². The van der Waals surface area contributed by atoms with Gasteiger partial charge >= 0.3 is 0 Å². The number of benzene rings is 2. The Morgan fingerprint density at radius 3 is 1.96 bits per heavy atom. The van der Waals surface area contributed by atoms with Gasteiger partial charge in [0.1, 0.15) is 0 Å². The van der Waals surface area contributed by atoms with Crippen molar-refractivity contribution in [2.45, 2.75) is 25.7 Å². The standard InChI is InChI=1S/C19H24N2O2S/c1-15-4-7-18(8-5-15)24(22,23)21-12-10-20(11-13-21)19-9-6-16(2)14-17(19)3/h4-9,14H,10-13H2,1-3H3. The van der Waals surface area contributed by atoms with Gasteiger partial charge in [0.25, 0.3) is 0 Å². The Hall–Kier alpha value is -1.85. The molecule has 1 aliphatic heterocycles. The fraction of sp³-hybridized carbons (Fsp3) is 0.368. The van der Waals surface area contributed by atoms with Crippen LogP contribution in [0.4, 0.5) is 5.69 Å². The average Bonchev–Trinajstić information content (AvgIpc) is 2.55. The molecule has 0 spiro atoms. The van der Waals surface area contributed by atoms with E-state index < -0.39 is 10.0 Å². The van der Waals surface area contributed by atoms with Crippen LogP contribution in [-0.2, 0) is 10.0 Å². The molecule has 1 fully saturated rings. The predicted molar refractivity (Wildman–Crippen MR) is 98.1 cm³/mol. The van der Waals surface area contributed by atoms with Crippen molar-refractivity contribution in [2.24, 2.45) is 0 Å². The summed E-state index contributed by atoms with van der Waals surface area (Å²) >= 11 is 0. The maximum atomic E-state index is 12.8. The summed E-state index contributed by atoms with van der Waals surface area (Å²) in [5.74, 6) is 0. The van der Waals surface area contributed by atoms with Gasteiger partial charge in [-0.1, -0.05) is 35.4 Å². The van der Waals surface area contributed by atoms with Crippen molar-refractivity contribution in [2.75, 3.05) is 31.1 Å². The Labute approximate surface area is 144 Å². The van der Waals surface area contributed by atoms with Gasteiger partial charge in [0.2, 0.25) is 10.0 Å². The number of anilines is 1. The third-order valence-electron chi connectivity index (χ3n) is 4.59. The summed E-state index contributed by atoms with van der Waals surface area (Å²) < 4.78 is 27.1. The van der Waals surface area contributed by atoms with E-state index in [9.17, 15) is 8.42 Å². The van der Waals surface area contributed by atoms with Gasteiger partial charge in [0, 0.05) is 31.9 Å². The van der Waals surface area contributed by atoms with E-state index >= 15 is 0 Å². The zero-order chi connectivity index (χ0) is 17.3. The van der Waals surface area contributed by atoms with Crippen LogP contribution in [0.3, 0.4) is 0 Å². The molecule has 0 aromatic heterocycles. The number of hydrogen-bond acceptors (Lipinski definition) is 3. The lowest BCUT2D eigenvalue weighted by atomic mass is 10.1. The van der Waals surface area contributed by atoms with E-state index in [2.05, 4.69) is 36.9 Å². The molecule has 2 aromatic carbocycles. The Morgan fingerprint density at radius 2 is 1.38 bits per heavy atom. The highest BCUT2D eigenvalue weighted by Gasteiger charge is 2.28. The molecule has 0 amide bonds. The Morgan fingerprint density at radius 1 is 0.792 bits per heavy atom. The van der Waals surface area contributed by atoms with Crippen molar-refractivity contribution < 1.29 is 8.42 Å². The normalized spacial score (nSPS) is 16.4. The smallest absolute Gasteiger partial charge is 0.243 e. The van der Waals surface area contributed by atoms with Gasteiger partial charge in [-0.25, -0.2) is 8.42 Å². The molecule has 0 radical (unpaired) electrons. The van der Waals surface area contributed by atoms with Crippen LogP contribution in [0.25, 0.3) is 0 Å². The Balaban J connectivity index is 1.73. The molecule has 128 valence electrons. The second-order valence-corrected chi connectivity index (χ2v) is 8.43. The molecule has 0 saturated carbocycles. The van der Waals surface area contributed by atoms with Gasteiger partial charge in [0.05, 0.1) is 4.90 Å². The summed E-state index contributed by atoms with van der Waals surface area (Å²) in [7, 11) is -3.39. The van der Waals surface area contributed by atoms with E-state index in [0.717, 1.165) is 18.7 Å². The minimum absolute atomic E-state index is 0.382. The fourth-order valence-corrected chi connectivity index (χ4v) is 4.61. The quantitative estimate of drug-likeness (QED) is 0.859. The van der Waals surface area contributed by atoms with E-state index in [-0.39, 0.29) is 0 Å². The van der Waals surface area contributed by atoms with Crippen molar-refractivity contribution in [1.29, 1.82) is 0 Å². The predicted octanol–water partition coefficient (Wildman–Crippen LogP) is 3.12. The topological polar surface area (TPSA) is 40.6 Å². The highest BCUT2D eigenvalue weighted by Crippen LogP contribution is 2.24. The molecule has 3 rings (SSSR count). The second kappa shape index (κ2) is 6.57. The molecule has 1 saturated heterocycles. The van der Waals surface area contributed by atoms with Gasteiger partial charge < -0.3 is 4.90 Å². The summed E-state index contributed by atoms with van der Waals surface area (Å²) in [4.78, 5) is 2.66. The fourth-order valence-electron chi connectivity index (χ4n) is 3.19.